The first-order valence-corrected chi connectivity index (χ1v) is 8.49. The van der Waals surface area contributed by atoms with Gasteiger partial charge in [0.25, 0.3) is 5.91 Å². The molecule has 0 aliphatic carbocycles. The Kier molecular flexibility index (Phi) is 6.62. The highest BCUT2D eigenvalue weighted by molar-refractivity contribution is 6.05. The van der Waals surface area contributed by atoms with Gasteiger partial charge in [-0.2, -0.15) is 13.2 Å². The molecule has 0 fully saturated rings. The smallest absolute Gasteiger partial charge is 0.322 e. The first-order chi connectivity index (χ1) is 11.9. The van der Waals surface area contributed by atoms with Crippen molar-refractivity contribution in [3.8, 4) is 0 Å². The van der Waals surface area contributed by atoms with Crippen LogP contribution in [-0.2, 0) is 12.6 Å². The molecule has 2 aromatic carbocycles. The monoisotopic (exact) mass is 349 g/mol. The Bertz CT molecular complexity index is 710. The number of rotatable bonds is 7. The van der Waals surface area contributed by atoms with Crippen LogP contribution in [0, 0.1) is 0 Å². The third-order valence-corrected chi connectivity index (χ3v) is 4.04. The van der Waals surface area contributed by atoms with E-state index in [1.54, 1.807) is 12.1 Å². The summed E-state index contributed by atoms with van der Waals surface area (Å²) in [7, 11) is 0. The number of carbonyl (C=O) groups excluding carboxylic acids is 1. The van der Waals surface area contributed by atoms with Crippen molar-refractivity contribution in [3.63, 3.8) is 0 Å². The Balaban J connectivity index is 2.17. The van der Waals surface area contributed by atoms with Crippen LogP contribution in [0.25, 0.3) is 0 Å². The molecule has 0 heterocycles. The number of carbonyl (C=O) groups is 1. The Morgan fingerprint density at radius 1 is 0.960 bits per heavy atom. The van der Waals surface area contributed by atoms with E-state index in [1.165, 1.54) is 18.2 Å². The van der Waals surface area contributed by atoms with E-state index in [4.69, 9.17) is 0 Å². The summed E-state index contributed by atoms with van der Waals surface area (Å²) in [5.74, 6) is -0.742. The van der Waals surface area contributed by atoms with E-state index < -0.39 is 17.6 Å². The number of nitrogens with one attached hydrogen (secondary N) is 1. The molecule has 0 radical (unpaired) electrons. The molecule has 0 saturated carbocycles. The predicted octanol–water partition coefficient (Wildman–Crippen LogP) is 6.08. The van der Waals surface area contributed by atoms with Gasteiger partial charge < -0.3 is 5.32 Å². The zero-order valence-corrected chi connectivity index (χ0v) is 14.2. The maximum Gasteiger partial charge on any atom is 0.417 e. The van der Waals surface area contributed by atoms with Crippen LogP contribution in [0.2, 0.25) is 0 Å². The van der Waals surface area contributed by atoms with E-state index in [1.807, 2.05) is 12.1 Å². The third-order valence-electron chi connectivity index (χ3n) is 4.04. The van der Waals surface area contributed by atoms with Crippen LogP contribution >= 0.6 is 0 Å². The molecule has 0 atom stereocenters. The number of unbranched alkanes of at least 4 members (excludes halogenated alkanes) is 3. The average molecular weight is 349 g/mol. The number of aryl methyl sites for hydroxylation is 1. The molecule has 0 aliphatic rings. The number of hydrogen-bond donors (Lipinski definition) is 1. The van der Waals surface area contributed by atoms with Crippen LogP contribution < -0.4 is 5.32 Å². The fourth-order valence-corrected chi connectivity index (χ4v) is 2.72. The molecule has 25 heavy (non-hydrogen) atoms. The van der Waals surface area contributed by atoms with Gasteiger partial charge in [-0.1, -0.05) is 56.5 Å². The summed E-state index contributed by atoms with van der Waals surface area (Å²) in [5.41, 5.74) is 0.223. The molecule has 2 rings (SSSR count). The van der Waals surface area contributed by atoms with Crippen LogP contribution in [0.1, 0.15) is 54.1 Å². The van der Waals surface area contributed by atoms with Crippen LogP contribution in [-0.4, -0.2) is 5.91 Å². The number of hydrogen-bond acceptors (Lipinski definition) is 1. The maximum atomic E-state index is 13.1. The van der Waals surface area contributed by atoms with Gasteiger partial charge in [-0.05, 0) is 36.6 Å². The molecular weight excluding hydrogens is 327 g/mol. The second-order valence-corrected chi connectivity index (χ2v) is 5.97. The second kappa shape index (κ2) is 8.70. The third kappa shape index (κ3) is 5.34. The van der Waals surface area contributed by atoms with Gasteiger partial charge in [0.1, 0.15) is 0 Å². The zero-order valence-electron chi connectivity index (χ0n) is 14.2. The Labute approximate surface area is 146 Å². The molecule has 2 aromatic rings. The fourth-order valence-electron chi connectivity index (χ4n) is 2.72. The summed E-state index contributed by atoms with van der Waals surface area (Å²) < 4.78 is 39.3. The van der Waals surface area contributed by atoms with Crippen LogP contribution in [0.4, 0.5) is 18.9 Å². The molecule has 0 bridgehead atoms. The minimum Gasteiger partial charge on any atom is -0.322 e. The molecule has 0 spiro atoms. The van der Waals surface area contributed by atoms with Crippen molar-refractivity contribution in [1.82, 2.24) is 0 Å². The highest BCUT2D eigenvalue weighted by atomic mass is 19.4. The van der Waals surface area contributed by atoms with Gasteiger partial charge in [-0.3, -0.25) is 4.79 Å². The quantitative estimate of drug-likeness (QED) is 0.603. The van der Waals surface area contributed by atoms with E-state index >= 15 is 0 Å². The number of anilines is 1. The first kappa shape index (κ1) is 19.0. The molecular formula is C20H22F3NO. The van der Waals surface area contributed by atoms with E-state index in [2.05, 4.69) is 12.2 Å². The van der Waals surface area contributed by atoms with Crippen molar-refractivity contribution in [3.05, 3.63) is 65.2 Å². The van der Waals surface area contributed by atoms with Crippen molar-refractivity contribution in [2.24, 2.45) is 0 Å². The van der Waals surface area contributed by atoms with Crippen LogP contribution in [0.3, 0.4) is 0 Å². The number of para-hydroxylation sites is 1. The van der Waals surface area contributed by atoms with E-state index in [9.17, 15) is 18.0 Å². The number of halogens is 3. The number of alkyl halides is 3. The zero-order chi connectivity index (χ0) is 18.3. The van der Waals surface area contributed by atoms with Gasteiger partial charge in [0.05, 0.1) is 11.1 Å². The molecule has 134 valence electrons. The summed E-state index contributed by atoms with van der Waals surface area (Å²) in [6, 6.07) is 12.1. The number of benzene rings is 2. The lowest BCUT2D eigenvalue weighted by molar-refractivity contribution is -0.137. The van der Waals surface area contributed by atoms with Gasteiger partial charge in [-0.25, -0.2) is 0 Å². The number of amides is 1. The predicted molar refractivity (Wildman–Crippen MR) is 93.7 cm³/mol. The minimum atomic E-state index is -4.56. The van der Waals surface area contributed by atoms with Crippen LogP contribution in [0.15, 0.2) is 48.5 Å². The Hall–Kier alpha value is -2.30. The summed E-state index contributed by atoms with van der Waals surface area (Å²) in [5, 5.41) is 2.64. The lowest BCUT2D eigenvalue weighted by atomic mass is 10.0. The van der Waals surface area contributed by atoms with Gasteiger partial charge in [0.2, 0.25) is 0 Å². The van der Waals surface area contributed by atoms with Crippen molar-refractivity contribution in [2.75, 3.05) is 5.32 Å². The van der Waals surface area contributed by atoms with E-state index in [0.717, 1.165) is 43.7 Å². The normalized spacial score (nSPS) is 11.4. The summed E-state index contributed by atoms with van der Waals surface area (Å²) in [6.45, 7) is 2.13. The van der Waals surface area contributed by atoms with Gasteiger partial charge in [0.15, 0.2) is 0 Å². The molecule has 1 N–H and O–H groups in total. The highest BCUT2D eigenvalue weighted by Crippen LogP contribution is 2.32. The van der Waals surface area contributed by atoms with Crippen molar-refractivity contribution in [2.45, 2.75) is 45.2 Å². The topological polar surface area (TPSA) is 29.1 Å². The molecule has 5 heteroatoms. The lowest BCUT2D eigenvalue weighted by Crippen LogP contribution is -2.19. The van der Waals surface area contributed by atoms with Gasteiger partial charge in [-0.15, -0.1) is 0 Å². The van der Waals surface area contributed by atoms with Crippen molar-refractivity contribution < 1.29 is 18.0 Å². The fraction of sp³-hybridized carbons (Fsp3) is 0.350. The second-order valence-electron chi connectivity index (χ2n) is 5.97. The van der Waals surface area contributed by atoms with Crippen molar-refractivity contribution in [1.29, 1.82) is 0 Å². The lowest BCUT2D eigenvalue weighted by Gasteiger charge is -2.14. The molecule has 2 nitrogen and oxygen atoms in total. The molecule has 0 saturated heterocycles. The van der Waals surface area contributed by atoms with E-state index in [-0.39, 0.29) is 5.56 Å². The minimum absolute atomic E-state index is 0.365. The Morgan fingerprint density at radius 3 is 2.36 bits per heavy atom. The van der Waals surface area contributed by atoms with Gasteiger partial charge >= 0.3 is 6.18 Å². The highest BCUT2D eigenvalue weighted by Gasteiger charge is 2.34. The average Bonchev–Trinajstić information content (AvgIpc) is 2.59. The van der Waals surface area contributed by atoms with Crippen molar-refractivity contribution >= 4 is 11.6 Å². The molecule has 0 aliphatic heterocycles. The molecule has 1 amide bonds. The Morgan fingerprint density at radius 2 is 1.64 bits per heavy atom. The first-order valence-electron chi connectivity index (χ1n) is 8.49. The summed E-state index contributed by atoms with van der Waals surface area (Å²) in [6.07, 6.45) is 0.584. The molecule has 0 unspecified atom stereocenters. The van der Waals surface area contributed by atoms with Gasteiger partial charge in [0, 0.05) is 5.69 Å². The molecule has 0 aromatic heterocycles. The SMILES string of the molecule is CCCCCCc1ccccc1NC(=O)c1ccccc1C(F)(F)F. The summed E-state index contributed by atoms with van der Waals surface area (Å²) in [4.78, 5) is 12.4. The van der Waals surface area contributed by atoms with Crippen LogP contribution in [0.5, 0.6) is 0 Å². The van der Waals surface area contributed by atoms with E-state index in [0.29, 0.717) is 5.69 Å². The summed E-state index contributed by atoms with van der Waals surface area (Å²) >= 11 is 0. The largest absolute Gasteiger partial charge is 0.417 e. The standard InChI is InChI=1S/C20H22F3NO/c1-2-3-4-5-10-15-11-6-9-14-18(15)24-19(25)16-12-7-8-13-17(16)20(21,22)23/h6-9,11-14H,2-5,10H2,1H3,(H,24,25). The maximum absolute atomic E-state index is 13.1.